The molecule has 0 bridgehead atoms. The van der Waals surface area contributed by atoms with Gasteiger partial charge in [0.25, 0.3) is 0 Å². The number of halogens is 2. The molecule has 0 saturated heterocycles. The summed E-state index contributed by atoms with van der Waals surface area (Å²) in [5.74, 6) is 1.34. The molecule has 1 aliphatic rings. The molecular weight excluding hydrogens is 340 g/mol. The standard InChI is InChI=1S/C14H16.2ClH.Ru/c1-12-7-8-14(11-12)10-9-13-5-3-2-4-6-13;;;/h1-6,9-10,12,14H,7-8,11H2;2*1H;/q;;;+2/p-2/b10-9+;;;. The number of benzene rings is 1. The van der Waals surface area contributed by atoms with Crippen LogP contribution in [0.25, 0.3) is 6.08 Å². The summed E-state index contributed by atoms with van der Waals surface area (Å²) < 4.78 is 2.20. The third-order valence-corrected chi connectivity index (χ3v) is 5.44. The van der Waals surface area contributed by atoms with Crippen molar-refractivity contribution in [2.75, 3.05) is 0 Å². The first-order chi connectivity index (χ1) is 8.24. The first-order valence-corrected chi connectivity index (χ1v) is 11.3. The zero-order valence-electron chi connectivity index (χ0n) is 9.50. The molecule has 0 N–H and O–H groups in total. The molecule has 17 heavy (non-hydrogen) atoms. The molecule has 1 saturated carbocycles. The van der Waals surface area contributed by atoms with Gasteiger partial charge in [0.05, 0.1) is 0 Å². The van der Waals surface area contributed by atoms with E-state index >= 15 is 0 Å². The molecule has 1 fully saturated rings. The van der Waals surface area contributed by atoms with E-state index < -0.39 is 13.5 Å². The van der Waals surface area contributed by atoms with Gasteiger partial charge in [0.1, 0.15) is 0 Å². The van der Waals surface area contributed by atoms with Crippen molar-refractivity contribution < 1.29 is 13.5 Å². The molecule has 0 heterocycles. The van der Waals surface area contributed by atoms with Crippen molar-refractivity contribution >= 4 is 30.1 Å². The van der Waals surface area contributed by atoms with Crippen LogP contribution in [0.5, 0.6) is 0 Å². The van der Waals surface area contributed by atoms with Crippen LogP contribution in [0.15, 0.2) is 36.4 Å². The number of rotatable bonds is 3. The molecule has 1 aromatic carbocycles. The number of hydrogen-bond acceptors (Lipinski definition) is 0. The molecule has 3 heteroatoms. The first kappa shape index (κ1) is 13.5. The molecule has 1 aliphatic carbocycles. The van der Waals surface area contributed by atoms with E-state index in [0.29, 0.717) is 11.8 Å². The fourth-order valence-corrected chi connectivity index (χ4v) is 4.91. The summed E-state index contributed by atoms with van der Waals surface area (Å²) in [5.41, 5.74) is 1.28. The second-order valence-corrected chi connectivity index (χ2v) is 10.2. The molecule has 0 spiro atoms. The van der Waals surface area contributed by atoms with Crippen LogP contribution in [0.4, 0.5) is 0 Å². The van der Waals surface area contributed by atoms with Crippen LogP contribution in [0, 0.1) is 11.8 Å². The van der Waals surface area contributed by atoms with Crippen molar-refractivity contribution in [1.82, 2.24) is 0 Å². The van der Waals surface area contributed by atoms with Gasteiger partial charge >= 0.3 is 117 Å². The Hall–Kier alpha value is 0.0334. The van der Waals surface area contributed by atoms with Gasteiger partial charge in [0.2, 0.25) is 0 Å². The summed E-state index contributed by atoms with van der Waals surface area (Å²) in [6.45, 7) is 0. The fourth-order valence-electron chi connectivity index (χ4n) is 2.27. The minimum absolute atomic E-state index is 0.647. The van der Waals surface area contributed by atoms with E-state index in [1.807, 2.05) is 6.07 Å². The Kier molecular flexibility index (Phi) is 5.41. The summed E-state index contributed by atoms with van der Waals surface area (Å²) >= 11 is -1.57. The average molecular weight is 356 g/mol. The van der Waals surface area contributed by atoms with Crippen LogP contribution in [0.3, 0.4) is 0 Å². The normalized spacial score (nSPS) is 25.2. The van der Waals surface area contributed by atoms with Crippen LogP contribution >= 0.6 is 19.4 Å². The molecular formula is C14H16Cl2Ru. The Labute approximate surface area is 116 Å². The van der Waals surface area contributed by atoms with Gasteiger partial charge in [-0.15, -0.1) is 0 Å². The van der Waals surface area contributed by atoms with E-state index in [2.05, 4.69) is 41.0 Å². The average Bonchev–Trinajstić information content (AvgIpc) is 2.75. The molecule has 2 rings (SSSR count). The monoisotopic (exact) mass is 356 g/mol. The van der Waals surface area contributed by atoms with Gasteiger partial charge in [-0.3, -0.25) is 0 Å². The van der Waals surface area contributed by atoms with Crippen LogP contribution in [-0.4, -0.2) is 4.61 Å². The number of hydrogen-bond donors (Lipinski definition) is 0. The van der Waals surface area contributed by atoms with Gasteiger partial charge in [-0.2, -0.15) is 0 Å². The molecule has 2 unspecified atom stereocenters. The van der Waals surface area contributed by atoms with Crippen molar-refractivity contribution in [3.63, 3.8) is 0 Å². The quantitative estimate of drug-likeness (QED) is 0.680. The van der Waals surface area contributed by atoms with E-state index in [9.17, 15) is 0 Å². The molecule has 0 amide bonds. The molecule has 2 atom stereocenters. The van der Waals surface area contributed by atoms with Gasteiger partial charge in [-0.1, -0.05) is 0 Å². The second-order valence-electron chi connectivity index (χ2n) is 4.43. The maximum atomic E-state index is 5.91. The first-order valence-electron chi connectivity index (χ1n) is 5.80. The Morgan fingerprint density at radius 2 is 1.76 bits per heavy atom. The van der Waals surface area contributed by atoms with Crippen molar-refractivity contribution in [2.45, 2.75) is 19.3 Å². The summed E-state index contributed by atoms with van der Waals surface area (Å²) in [5, 5.41) is 0. The van der Waals surface area contributed by atoms with Crippen LogP contribution in [0.1, 0.15) is 24.8 Å². The summed E-state index contributed by atoms with van der Waals surface area (Å²) in [4.78, 5) is 0. The van der Waals surface area contributed by atoms with Crippen molar-refractivity contribution in [3.05, 3.63) is 42.0 Å². The minimum atomic E-state index is -1.57. The van der Waals surface area contributed by atoms with E-state index in [-0.39, 0.29) is 0 Å². The third kappa shape index (κ3) is 4.66. The molecule has 0 aromatic heterocycles. The summed E-state index contributed by atoms with van der Waals surface area (Å²) in [6.07, 6.45) is 8.29. The van der Waals surface area contributed by atoms with Gasteiger partial charge in [0, 0.05) is 0 Å². The topological polar surface area (TPSA) is 0 Å². The molecule has 0 aliphatic heterocycles. The van der Waals surface area contributed by atoms with Crippen LogP contribution in [0.2, 0.25) is 0 Å². The molecule has 94 valence electrons. The zero-order valence-corrected chi connectivity index (χ0v) is 12.8. The Morgan fingerprint density at radius 3 is 2.47 bits per heavy atom. The van der Waals surface area contributed by atoms with Crippen molar-refractivity contribution in [1.29, 1.82) is 0 Å². The Bertz CT molecular complexity index is 407. The predicted molar refractivity (Wildman–Crippen MR) is 74.1 cm³/mol. The number of allylic oxidation sites excluding steroid dienone is 1. The zero-order chi connectivity index (χ0) is 12.1. The Balaban J connectivity index is 1.90. The van der Waals surface area contributed by atoms with E-state index in [1.165, 1.54) is 24.8 Å². The van der Waals surface area contributed by atoms with Crippen LogP contribution in [-0.2, 0) is 13.5 Å². The van der Waals surface area contributed by atoms with Crippen molar-refractivity contribution in [2.24, 2.45) is 11.8 Å². The SMILES string of the molecule is [Cl][Ru]([Cl])=[CH]C1CCC(/C=C/c2ccccc2)C1. The van der Waals surface area contributed by atoms with Gasteiger partial charge < -0.3 is 0 Å². The fraction of sp³-hybridized carbons (Fsp3) is 0.357. The maximum absolute atomic E-state index is 5.91. The molecule has 0 nitrogen and oxygen atoms in total. The van der Waals surface area contributed by atoms with E-state index in [1.54, 1.807) is 0 Å². The van der Waals surface area contributed by atoms with Crippen molar-refractivity contribution in [3.8, 4) is 0 Å². The van der Waals surface area contributed by atoms with Gasteiger partial charge in [-0.25, -0.2) is 0 Å². The Morgan fingerprint density at radius 1 is 1.06 bits per heavy atom. The second kappa shape index (κ2) is 6.83. The van der Waals surface area contributed by atoms with E-state index in [4.69, 9.17) is 19.4 Å². The van der Waals surface area contributed by atoms with Gasteiger partial charge in [-0.05, 0) is 0 Å². The summed E-state index contributed by atoms with van der Waals surface area (Å²) in [7, 11) is 11.8. The van der Waals surface area contributed by atoms with Crippen LogP contribution < -0.4 is 0 Å². The molecule has 0 radical (unpaired) electrons. The third-order valence-electron chi connectivity index (χ3n) is 3.13. The predicted octanol–water partition coefficient (Wildman–Crippen LogP) is 4.84. The molecule has 1 aromatic rings. The van der Waals surface area contributed by atoms with Gasteiger partial charge in [0.15, 0.2) is 0 Å². The summed E-state index contributed by atoms with van der Waals surface area (Å²) in [6, 6.07) is 10.5. The van der Waals surface area contributed by atoms with E-state index in [0.717, 1.165) is 0 Å².